The average molecular weight is 259 g/mol. The van der Waals surface area contributed by atoms with Crippen LogP contribution in [0.4, 0.5) is 0 Å². The fourth-order valence-electron chi connectivity index (χ4n) is 3.03. The van der Waals surface area contributed by atoms with Crippen molar-refractivity contribution in [1.82, 2.24) is 15.1 Å². The molecule has 0 bridgehead atoms. The molecule has 19 heavy (non-hydrogen) atoms. The van der Waals surface area contributed by atoms with E-state index in [1.165, 1.54) is 56.0 Å². The Balaban J connectivity index is 1.55. The molecule has 1 aromatic carbocycles. The Labute approximate surface area is 116 Å². The number of nitrogens with one attached hydrogen (secondary N) is 1. The second-order valence-electron chi connectivity index (χ2n) is 6.05. The lowest BCUT2D eigenvalue weighted by Crippen LogP contribution is -2.61. The first-order chi connectivity index (χ1) is 9.22. The van der Waals surface area contributed by atoms with Gasteiger partial charge in [0, 0.05) is 51.9 Å². The summed E-state index contributed by atoms with van der Waals surface area (Å²) in [7, 11) is 0. The number of hydrogen-bond acceptors (Lipinski definition) is 3. The van der Waals surface area contributed by atoms with Crippen LogP contribution < -0.4 is 5.32 Å². The van der Waals surface area contributed by atoms with E-state index in [9.17, 15) is 0 Å². The molecular weight excluding hydrogens is 234 g/mol. The van der Waals surface area contributed by atoms with Crippen molar-refractivity contribution in [3.8, 4) is 0 Å². The van der Waals surface area contributed by atoms with Gasteiger partial charge in [-0.05, 0) is 25.0 Å². The fourth-order valence-corrected chi connectivity index (χ4v) is 3.03. The minimum Gasteiger partial charge on any atom is -0.314 e. The molecule has 0 saturated carbocycles. The summed E-state index contributed by atoms with van der Waals surface area (Å²) >= 11 is 0. The number of rotatable bonds is 3. The second kappa shape index (κ2) is 5.61. The van der Waals surface area contributed by atoms with Crippen LogP contribution in [0.5, 0.6) is 0 Å². The van der Waals surface area contributed by atoms with Crippen molar-refractivity contribution in [3.05, 3.63) is 34.9 Å². The van der Waals surface area contributed by atoms with Gasteiger partial charge in [-0.2, -0.15) is 0 Å². The fraction of sp³-hybridized carbons (Fsp3) is 0.625. The molecule has 0 spiro atoms. The first-order valence-electron chi connectivity index (χ1n) is 7.45. The largest absolute Gasteiger partial charge is 0.314 e. The van der Waals surface area contributed by atoms with Gasteiger partial charge in [0.1, 0.15) is 0 Å². The SMILES string of the molecule is Cc1ccc(C)c(CN2CCN(C3CNC3)CC2)c1. The van der Waals surface area contributed by atoms with Crippen LogP contribution in [0.3, 0.4) is 0 Å². The normalized spacial score (nSPS) is 22.4. The van der Waals surface area contributed by atoms with Gasteiger partial charge in [-0.3, -0.25) is 9.80 Å². The number of hydrogen-bond donors (Lipinski definition) is 1. The van der Waals surface area contributed by atoms with Crippen molar-refractivity contribution < 1.29 is 0 Å². The van der Waals surface area contributed by atoms with E-state index in [4.69, 9.17) is 0 Å². The summed E-state index contributed by atoms with van der Waals surface area (Å²) in [4.78, 5) is 5.25. The van der Waals surface area contributed by atoms with Crippen LogP contribution in [0.25, 0.3) is 0 Å². The maximum atomic E-state index is 3.37. The molecule has 1 aromatic rings. The Bertz CT molecular complexity index is 432. The standard InChI is InChI=1S/C16H25N3/c1-13-3-4-14(2)15(9-13)12-18-5-7-19(8-6-18)16-10-17-11-16/h3-4,9,16-17H,5-8,10-12H2,1-2H3. The molecule has 0 amide bonds. The van der Waals surface area contributed by atoms with Crippen LogP contribution in [0.2, 0.25) is 0 Å². The monoisotopic (exact) mass is 259 g/mol. The number of piperazine rings is 1. The minimum atomic E-state index is 0.808. The van der Waals surface area contributed by atoms with E-state index in [-0.39, 0.29) is 0 Å². The molecule has 2 aliphatic rings. The van der Waals surface area contributed by atoms with E-state index >= 15 is 0 Å². The van der Waals surface area contributed by atoms with Gasteiger partial charge < -0.3 is 5.32 Å². The molecule has 2 fully saturated rings. The molecule has 0 aromatic heterocycles. The van der Waals surface area contributed by atoms with Gasteiger partial charge in [0.25, 0.3) is 0 Å². The van der Waals surface area contributed by atoms with Crippen molar-refractivity contribution in [1.29, 1.82) is 0 Å². The van der Waals surface area contributed by atoms with Crippen LogP contribution in [-0.4, -0.2) is 55.1 Å². The molecular formula is C16H25N3. The van der Waals surface area contributed by atoms with Gasteiger partial charge in [0.2, 0.25) is 0 Å². The van der Waals surface area contributed by atoms with E-state index in [0.29, 0.717) is 0 Å². The zero-order valence-corrected chi connectivity index (χ0v) is 12.2. The molecule has 0 aliphatic carbocycles. The Hall–Kier alpha value is -0.900. The first-order valence-corrected chi connectivity index (χ1v) is 7.45. The third-order valence-corrected chi connectivity index (χ3v) is 4.58. The Morgan fingerprint density at radius 1 is 1.11 bits per heavy atom. The van der Waals surface area contributed by atoms with Crippen molar-refractivity contribution in [2.75, 3.05) is 39.3 Å². The molecule has 1 N–H and O–H groups in total. The highest BCUT2D eigenvalue weighted by Crippen LogP contribution is 2.16. The molecule has 3 nitrogen and oxygen atoms in total. The summed E-state index contributed by atoms with van der Waals surface area (Å²) in [6.45, 7) is 12.8. The van der Waals surface area contributed by atoms with Gasteiger partial charge >= 0.3 is 0 Å². The van der Waals surface area contributed by atoms with E-state index in [2.05, 4.69) is 47.2 Å². The molecule has 0 radical (unpaired) electrons. The molecule has 3 heteroatoms. The highest BCUT2D eigenvalue weighted by Gasteiger charge is 2.27. The summed E-state index contributed by atoms with van der Waals surface area (Å²) in [5, 5.41) is 3.37. The third-order valence-electron chi connectivity index (χ3n) is 4.58. The lowest BCUT2D eigenvalue weighted by atomic mass is 10.0. The van der Waals surface area contributed by atoms with Gasteiger partial charge in [-0.15, -0.1) is 0 Å². The number of aryl methyl sites for hydroxylation is 2. The van der Waals surface area contributed by atoms with E-state index in [0.717, 1.165) is 12.6 Å². The maximum Gasteiger partial charge on any atom is 0.0346 e. The topological polar surface area (TPSA) is 18.5 Å². The molecule has 0 unspecified atom stereocenters. The summed E-state index contributed by atoms with van der Waals surface area (Å²) in [6.07, 6.45) is 0. The predicted molar refractivity (Wildman–Crippen MR) is 79.4 cm³/mol. The van der Waals surface area contributed by atoms with E-state index < -0.39 is 0 Å². The molecule has 3 rings (SSSR count). The van der Waals surface area contributed by atoms with Gasteiger partial charge in [-0.25, -0.2) is 0 Å². The van der Waals surface area contributed by atoms with Crippen LogP contribution in [-0.2, 0) is 6.54 Å². The Morgan fingerprint density at radius 3 is 2.47 bits per heavy atom. The predicted octanol–water partition coefficient (Wildman–Crippen LogP) is 1.39. The van der Waals surface area contributed by atoms with Gasteiger partial charge in [-0.1, -0.05) is 23.8 Å². The highest BCUT2D eigenvalue weighted by molar-refractivity contribution is 5.30. The lowest BCUT2D eigenvalue weighted by Gasteiger charge is -2.43. The summed E-state index contributed by atoms with van der Waals surface area (Å²) in [5.41, 5.74) is 4.30. The highest BCUT2D eigenvalue weighted by atomic mass is 15.3. The van der Waals surface area contributed by atoms with Gasteiger partial charge in [0.15, 0.2) is 0 Å². The van der Waals surface area contributed by atoms with Crippen LogP contribution in [0.1, 0.15) is 16.7 Å². The zero-order valence-electron chi connectivity index (χ0n) is 12.2. The Kier molecular flexibility index (Phi) is 3.87. The number of nitrogens with zero attached hydrogens (tertiary/aromatic N) is 2. The summed E-state index contributed by atoms with van der Waals surface area (Å²) in [6, 6.07) is 7.61. The van der Waals surface area contributed by atoms with Gasteiger partial charge in [0.05, 0.1) is 0 Å². The molecule has 104 valence electrons. The smallest absolute Gasteiger partial charge is 0.0346 e. The molecule has 2 heterocycles. The van der Waals surface area contributed by atoms with E-state index in [1.54, 1.807) is 0 Å². The lowest BCUT2D eigenvalue weighted by molar-refractivity contribution is 0.0695. The molecule has 0 atom stereocenters. The summed E-state index contributed by atoms with van der Waals surface area (Å²) in [5.74, 6) is 0. The number of benzene rings is 1. The van der Waals surface area contributed by atoms with Crippen LogP contribution >= 0.6 is 0 Å². The minimum absolute atomic E-state index is 0.808. The van der Waals surface area contributed by atoms with Crippen LogP contribution in [0.15, 0.2) is 18.2 Å². The van der Waals surface area contributed by atoms with Crippen molar-refractivity contribution in [3.63, 3.8) is 0 Å². The first kappa shape index (κ1) is 13.1. The quantitative estimate of drug-likeness (QED) is 0.885. The average Bonchev–Trinajstić information content (AvgIpc) is 2.34. The Morgan fingerprint density at radius 2 is 1.84 bits per heavy atom. The summed E-state index contributed by atoms with van der Waals surface area (Å²) < 4.78 is 0. The van der Waals surface area contributed by atoms with Crippen molar-refractivity contribution in [2.24, 2.45) is 0 Å². The second-order valence-corrected chi connectivity index (χ2v) is 6.05. The zero-order chi connectivity index (χ0) is 13.2. The van der Waals surface area contributed by atoms with Crippen LogP contribution in [0, 0.1) is 13.8 Å². The van der Waals surface area contributed by atoms with Crippen molar-refractivity contribution >= 4 is 0 Å². The van der Waals surface area contributed by atoms with E-state index in [1.807, 2.05) is 0 Å². The third kappa shape index (κ3) is 2.99. The molecule has 2 saturated heterocycles. The molecule has 2 aliphatic heterocycles. The van der Waals surface area contributed by atoms with Crippen molar-refractivity contribution in [2.45, 2.75) is 26.4 Å². The maximum absolute atomic E-state index is 3.37.